The van der Waals surface area contributed by atoms with Gasteiger partial charge in [-0.2, -0.15) is 0 Å². The number of carbonyl (C=O) groups excluding carboxylic acids is 1. The second-order valence-electron chi connectivity index (χ2n) is 5.32. The third-order valence-electron chi connectivity index (χ3n) is 3.84. The summed E-state index contributed by atoms with van der Waals surface area (Å²) in [6.45, 7) is 6.26. The first-order chi connectivity index (χ1) is 9.61. The van der Waals surface area contributed by atoms with E-state index >= 15 is 0 Å². The number of fused-ring (bicyclic) bond motifs is 1. The number of ether oxygens (including phenoxy) is 1. The van der Waals surface area contributed by atoms with Crippen molar-refractivity contribution in [3.8, 4) is 5.75 Å². The summed E-state index contributed by atoms with van der Waals surface area (Å²) in [5.41, 5.74) is 2.60. The van der Waals surface area contributed by atoms with Crippen LogP contribution in [0.1, 0.15) is 25.0 Å². The normalized spacial score (nSPS) is 14.6. The van der Waals surface area contributed by atoms with Crippen LogP contribution in [-0.4, -0.2) is 43.6 Å². The molecule has 0 radical (unpaired) electrons. The first-order valence-electron chi connectivity index (χ1n) is 7.34. The lowest BCUT2D eigenvalue weighted by molar-refractivity contribution is -0.131. The van der Waals surface area contributed by atoms with Gasteiger partial charge in [0.25, 0.3) is 0 Å². The smallest absolute Gasteiger partial charge is 0.239 e. The Kier molecular flexibility index (Phi) is 5.01. The Hall–Kier alpha value is -1.55. The molecule has 1 atom stereocenters. The molecule has 0 aromatic heterocycles. The van der Waals surface area contributed by atoms with E-state index in [9.17, 15) is 4.79 Å². The highest BCUT2D eigenvalue weighted by Crippen LogP contribution is 2.25. The van der Waals surface area contributed by atoms with E-state index in [0.29, 0.717) is 0 Å². The first kappa shape index (κ1) is 14.9. The van der Waals surface area contributed by atoms with Gasteiger partial charge in [-0.25, -0.2) is 0 Å². The average molecular weight is 276 g/mol. The van der Waals surface area contributed by atoms with E-state index in [1.165, 1.54) is 11.1 Å². The molecule has 1 N–H and O–H groups in total. The van der Waals surface area contributed by atoms with Crippen LogP contribution in [0.4, 0.5) is 0 Å². The van der Waals surface area contributed by atoms with Gasteiger partial charge in [0.05, 0.1) is 12.6 Å². The molecule has 0 fully saturated rings. The number of nitrogens with zero attached hydrogens (tertiary/aromatic N) is 1. The third kappa shape index (κ3) is 3.51. The van der Waals surface area contributed by atoms with Crippen molar-refractivity contribution in [1.82, 2.24) is 10.2 Å². The van der Waals surface area contributed by atoms with Crippen LogP contribution in [0.2, 0.25) is 0 Å². The van der Waals surface area contributed by atoms with Crippen LogP contribution >= 0.6 is 0 Å². The highest BCUT2D eigenvalue weighted by atomic mass is 16.5. The molecule has 0 saturated carbocycles. The van der Waals surface area contributed by atoms with Gasteiger partial charge in [-0.3, -0.25) is 4.79 Å². The van der Waals surface area contributed by atoms with Crippen molar-refractivity contribution in [1.29, 1.82) is 0 Å². The van der Waals surface area contributed by atoms with E-state index in [1.807, 2.05) is 20.9 Å². The van der Waals surface area contributed by atoms with Crippen molar-refractivity contribution in [2.24, 2.45) is 0 Å². The molecule has 4 nitrogen and oxygen atoms in total. The number of hydrogen-bond acceptors (Lipinski definition) is 3. The van der Waals surface area contributed by atoms with Crippen molar-refractivity contribution in [2.45, 2.75) is 32.7 Å². The summed E-state index contributed by atoms with van der Waals surface area (Å²) < 4.78 is 5.50. The molecule has 20 heavy (non-hydrogen) atoms. The van der Waals surface area contributed by atoms with E-state index in [2.05, 4.69) is 23.5 Å². The number of benzene rings is 1. The fraction of sp³-hybridized carbons (Fsp3) is 0.562. The van der Waals surface area contributed by atoms with Crippen LogP contribution in [0.3, 0.4) is 0 Å². The Morgan fingerprint density at radius 1 is 1.50 bits per heavy atom. The third-order valence-corrected chi connectivity index (χ3v) is 3.84. The molecular formula is C16H24N2O2. The van der Waals surface area contributed by atoms with Crippen LogP contribution in [-0.2, 0) is 17.6 Å². The van der Waals surface area contributed by atoms with Crippen molar-refractivity contribution >= 4 is 5.91 Å². The summed E-state index contributed by atoms with van der Waals surface area (Å²) in [7, 11) is 1.83. The lowest BCUT2D eigenvalue weighted by Gasteiger charge is -2.20. The Morgan fingerprint density at radius 3 is 3.05 bits per heavy atom. The first-order valence-corrected chi connectivity index (χ1v) is 7.34. The lowest BCUT2D eigenvalue weighted by Crippen LogP contribution is -2.43. The molecule has 1 aliphatic heterocycles. The van der Waals surface area contributed by atoms with Gasteiger partial charge in [-0.1, -0.05) is 12.1 Å². The molecule has 1 aromatic carbocycles. The van der Waals surface area contributed by atoms with Crippen LogP contribution in [0.25, 0.3) is 0 Å². The predicted octanol–water partition coefficient (Wildman–Crippen LogP) is 1.62. The number of amides is 1. The van der Waals surface area contributed by atoms with Gasteiger partial charge in [-0.05, 0) is 44.0 Å². The Balaban J connectivity index is 1.80. The van der Waals surface area contributed by atoms with Crippen LogP contribution < -0.4 is 10.1 Å². The zero-order chi connectivity index (χ0) is 14.5. The summed E-state index contributed by atoms with van der Waals surface area (Å²) in [5, 5.41) is 3.29. The zero-order valence-corrected chi connectivity index (χ0v) is 12.6. The molecule has 1 unspecified atom stereocenters. The van der Waals surface area contributed by atoms with Crippen LogP contribution in [0.15, 0.2) is 18.2 Å². The van der Waals surface area contributed by atoms with E-state index in [0.717, 1.165) is 38.3 Å². The van der Waals surface area contributed by atoms with Crippen LogP contribution in [0.5, 0.6) is 5.75 Å². The molecule has 4 heteroatoms. The quantitative estimate of drug-likeness (QED) is 0.858. The van der Waals surface area contributed by atoms with Crippen molar-refractivity contribution in [2.75, 3.05) is 26.7 Å². The molecule has 1 aromatic rings. The van der Waals surface area contributed by atoms with E-state index in [4.69, 9.17) is 4.74 Å². The van der Waals surface area contributed by atoms with Crippen molar-refractivity contribution in [3.63, 3.8) is 0 Å². The minimum Gasteiger partial charge on any atom is -0.493 e. The second-order valence-corrected chi connectivity index (χ2v) is 5.32. The van der Waals surface area contributed by atoms with Gasteiger partial charge in [0.2, 0.25) is 5.91 Å². The van der Waals surface area contributed by atoms with Gasteiger partial charge in [0.1, 0.15) is 5.75 Å². The molecular weight excluding hydrogens is 252 g/mol. The van der Waals surface area contributed by atoms with Gasteiger partial charge >= 0.3 is 0 Å². The number of nitrogens with one attached hydrogen (secondary N) is 1. The fourth-order valence-corrected chi connectivity index (χ4v) is 2.40. The van der Waals surface area contributed by atoms with Gasteiger partial charge in [-0.15, -0.1) is 0 Å². The molecule has 1 aliphatic rings. The molecule has 110 valence electrons. The minimum absolute atomic E-state index is 0.127. The largest absolute Gasteiger partial charge is 0.493 e. The summed E-state index contributed by atoms with van der Waals surface area (Å²) in [6.07, 6.45) is 1.94. The molecule has 0 spiro atoms. The van der Waals surface area contributed by atoms with E-state index in [-0.39, 0.29) is 11.9 Å². The Bertz CT molecular complexity index is 474. The monoisotopic (exact) mass is 276 g/mol. The lowest BCUT2D eigenvalue weighted by atomic mass is 10.1. The molecule has 1 heterocycles. The summed E-state index contributed by atoms with van der Waals surface area (Å²) in [6, 6.07) is 6.25. The fourth-order valence-electron chi connectivity index (χ4n) is 2.40. The number of carbonyl (C=O) groups is 1. The predicted molar refractivity (Wildman–Crippen MR) is 80.1 cm³/mol. The Labute approximate surface area is 121 Å². The van der Waals surface area contributed by atoms with E-state index < -0.39 is 0 Å². The van der Waals surface area contributed by atoms with Crippen molar-refractivity contribution < 1.29 is 9.53 Å². The molecule has 0 saturated heterocycles. The summed E-state index contributed by atoms with van der Waals surface area (Å²) >= 11 is 0. The molecule has 0 bridgehead atoms. The maximum Gasteiger partial charge on any atom is 0.239 e. The standard InChI is InChI=1S/C16H24N2O2/c1-4-18(3)16(19)12(2)17-9-7-13-5-6-15-14(11-13)8-10-20-15/h5-6,11-12,17H,4,7-10H2,1-3H3. The highest BCUT2D eigenvalue weighted by Gasteiger charge is 2.15. The molecule has 2 rings (SSSR count). The zero-order valence-electron chi connectivity index (χ0n) is 12.6. The van der Waals surface area contributed by atoms with Gasteiger partial charge in [0.15, 0.2) is 0 Å². The number of rotatable bonds is 6. The maximum atomic E-state index is 11.9. The highest BCUT2D eigenvalue weighted by molar-refractivity contribution is 5.81. The van der Waals surface area contributed by atoms with Gasteiger partial charge in [0, 0.05) is 20.0 Å². The SMILES string of the molecule is CCN(C)C(=O)C(C)NCCc1ccc2c(c1)CCO2. The number of hydrogen-bond donors (Lipinski definition) is 1. The number of likely N-dealkylation sites (N-methyl/N-ethyl adjacent to an activating group) is 1. The topological polar surface area (TPSA) is 41.6 Å². The van der Waals surface area contributed by atoms with E-state index in [1.54, 1.807) is 4.90 Å². The molecule has 0 aliphatic carbocycles. The molecule has 1 amide bonds. The minimum atomic E-state index is -0.127. The van der Waals surface area contributed by atoms with Crippen molar-refractivity contribution in [3.05, 3.63) is 29.3 Å². The summed E-state index contributed by atoms with van der Waals surface area (Å²) in [5.74, 6) is 1.17. The summed E-state index contributed by atoms with van der Waals surface area (Å²) in [4.78, 5) is 13.7. The average Bonchev–Trinajstić information content (AvgIpc) is 2.93. The second kappa shape index (κ2) is 6.75. The van der Waals surface area contributed by atoms with Gasteiger partial charge < -0.3 is 15.0 Å². The van der Waals surface area contributed by atoms with Crippen LogP contribution in [0, 0.1) is 0 Å². The Morgan fingerprint density at radius 2 is 2.30 bits per heavy atom. The maximum absolute atomic E-state index is 11.9.